The molecular weight excluding hydrogens is 229 g/mol. The number of nitrogens with zero attached hydrogens (tertiary/aromatic N) is 2. The molecular formula is C14H18FN3. The van der Waals surface area contributed by atoms with Crippen molar-refractivity contribution < 1.29 is 4.39 Å². The van der Waals surface area contributed by atoms with Crippen molar-refractivity contribution in [3.05, 3.63) is 53.9 Å². The van der Waals surface area contributed by atoms with Gasteiger partial charge in [-0.05, 0) is 31.0 Å². The Bertz CT molecular complexity index is 490. The van der Waals surface area contributed by atoms with Crippen molar-refractivity contribution in [1.82, 2.24) is 14.9 Å². The van der Waals surface area contributed by atoms with Gasteiger partial charge in [-0.2, -0.15) is 0 Å². The van der Waals surface area contributed by atoms with E-state index in [1.165, 1.54) is 12.1 Å². The van der Waals surface area contributed by atoms with Gasteiger partial charge in [-0.3, -0.25) is 0 Å². The second-order valence-corrected chi connectivity index (χ2v) is 4.61. The largest absolute Gasteiger partial charge is 0.337 e. The van der Waals surface area contributed by atoms with E-state index in [2.05, 4.69) is 17.2 Å². The molecule has 0 amide bonds. The summed E-state index contributed by atoms with van der Waals surface area (Å²) in [6.45, 7) is 2.92. The van der Waals surface area contributed by atoms with Crippen LogP contribution >= 0.6 is 0 Å². The number of aryl methyl sites for hydroxylation is 1. The minimum atomic E-state index is -0.186. The maximum absolute atomic E-state index is 12.8. The fourth-order valence-electron chi connectivity index (χ4n) is 1.88. The smallest absolute Gasteiger partial charge is 0.123 e. The third kappa shape index (κ3) is 3.40. The maximum Gasteiger partial charge on any atom is 0.123 e. The van der Waals surface area contributed by atoms with Crippen molar-refractivity contribution in [2.75, 3.05) is 0 Å². The molecule has 2 rings (SSSR count). The summed E-state index contributed by atoms with van der Waals surface area (Å²) in [7, 11) is 1.98. The highest BCUT2D eigenvalue weighted by Crippen LogP contribution is 2.06. The van der Waals surface area contributed by atoms with Crippen LogP contribution in [0.5, 0.6) is 0 Å². The minimum Gasteiger partial charge on any atom is -0.337 e. The van der Waals surface area contributed by atoms with Crippen LogP contribution < -0.4 is 5.32 Å². The number of nitrogens with one attached hydrogen (secondary N) is 1. The molecule has 0 saturated heterocycles. The predicted molar refractivity (Wildman–Crippen MR) is 69.6 cm³/mol. The lowest BCUT2D eigenvalue weighted by Gasteiger charge is -2.14. The number of hydrogen-bond acceptors (Lipinski definition) is 2. The first kappa shape index (κ1) is 12.8. The predicted octanol–water partition coefficient (Wildman–Crippen LogP) is 2.28. The van der Waals surface area contributed by atoms with Crippen molar-refractivity contribution in [2.24, 2.45) is 7.05 Å². The molecule has 0 aliphatic rings. The van der Waals surface area contributed by atoms with Crippen LogP contribution in [0.3, 0.4) is 0 Å². The Kier molecular flexibility index (Phi) is 4.10. The zero-order valence-corrected chi connectivity index (χ0v) is 10.7. The van der Waals surface area contributed by atoms with Crippen molar-refractivity contribution in [1.29, 1.82) is 0 Å². The van der Waals surface area contributed by atoms with Crippen LogP contribution in [0.25, 0.3) is 0 Å². The molecule has 2 aromatic rings. The van der Waals surface area contributed by atoms with Gasteiger partial charge in [0.05, 0.1) is 12.0 Å². The Morgan fingerprint density at radius 1 is 1.33 bits per heavy atom. The number of imidazole rings is 1. The lowest BCUT2D eigenvalue weighted by Crippen LogP contribution is -2.28. The van der Waals surface area contributed by atoms with Crippen molar-refractivity contribution in [3.63, 3.8) is 0 Å². The first-order valence-electron chi connectivity index (χ1n) is 6.08. The van der Waals surface area contributed by atoms with Gasteiger partial charge in [0.15, 0.2) is 0 Å². The van der Waals surface area contributed by atoms with E-state index in [0.29, 0.717) is 6.04 Å². The van der Waals surface area contributed by atoms with Gasteiger partial charge in [-0.15, -0.1) is 0 Å². The Morgan fingerprint density at radius 3 is 2.67 bits per heavy atom. The summed E-state index contributed by atoms with van der Waals surface area (Å²) in [6, 6.07) is 7.01. The van der Waals surface area contributed by atoms with Crippen molar-refractivity contribution >= 4 is 0 Å². The van der Waals surface area contributed by atoms with Crippen molar-refractivity contribution in [3.8, 4) is 0 Å². The number of halogens is 1. The third-order valence-corrected chi connectivity index (χ3v) is 3.00. The van der Waals surface area contributed by atoms with Crippen LogP contribution in [0.2, 0.25) is 0 Å². The Labute approximate surface area is 107 Å². The van der Waals surface area contributed by atoms with Gasteiger partial charge >= 0.3 is 0 Å². The Hall–Kier alpha value is -1.68. The maximum atomic E-state index is 12.8. The second kappa shape index (κ2) is 5.78. The monoisotopic (exact) mass is 247 g/mol. The highest BCUT2D eigenvalue weighted by atomic mass is 19.1. The second-order valence-electron chi connectivity index (χ2n) is 4.61. The number of hydrogen-bond donors (Lipinski definition) is 1. The summed E-state index contributed by atoms with van der Waals surface area (Å²) in [5.41, 5.74) is 2.29. The Morgan fingerprint density at radius 2 is 2.06 bits per heavy atom. The van der Waals surface area contributed by atoms with Crippen LogP contribution in [0.15, 0.2) is 36.8 Å². The molecule has 0 spiro atoms. The Balaban J connectivity index is 1.83. The molecule has 0 saturated carbocycles. The van der Waals surface area contributed by atoms with E-state index in [1.54, 1.807) is 6.33 Å². The van der Waals surface area contributed by atoms with E-state index in [9.17, 15) is 4.39 Å². The molecule has 96 valence electrons. The standard InChI is InChI=1S/C14H18FN3/c1-11(7-12-3-5-13(15)6-4-12)17-9-14-8-16-10-18(14)2/h3-6,8,10-11,17H,7,9H2,1-2H3. The topological polar surface area (TPSA) is 29.9 Å². The molecule has 1 unspecified atom stereocenters. The van der Waals surface area contributed by atoms with Gasteiger partial charge in [-0.1, -0.05) is 12.1 Å². The molecule has 0 aliphatic carbocycles. The SMILES string of the molecule is CC(Cc1ccc(F)cc1)NCc1cncn1C. The van der Waals surface area contributed by atoms with Crippen LogP contribution in [-0.4, -0.2) is 15.6 Å². The van der Waals surface area contributed by atoms with Gasteiger partial charge in [0.1, 0.15) is 5.82 Å². The zero-order chi connectivity index (χ0) is 13.0. The summed E-state index contributed by atoms with van der Waals surface area (Å²) >= 11 is 0. The van der Waals surface area contributed by atoms with Crippen molar-refractivity contribution in [2.45, 2.75) is 25.9 Å². The van der Waals surface area contributed by atoms with Gasteiger partial charge < -0.3 is 9.88 Å². The van der Waals surface area contributed by atoms with Crippen LogP contribution in [0, 0.1) is 5.82 Å². The number of aromatic nitrogens is 2. The molecule has 3 nitrogen and oxygen atoms in total. The molecule has 0 radical (unpaired) electrons. The van der Waals surface area contributed by atoms with Gasteiger partial charge in [0, 0.05) is 25.8 Å². The molecule has 0 bridgehead atoms. The molecule has 1 aromatic heterocycles. The first-order valence-corrected chi connectivity index (χ1v) is 6.08. The molecule has 0 aliphatic heterocycles. The number of benzene rings is 1. The van der Waals surface area contributed by atoms with E-state index < -0.39 is 0 Å². The summed E-state index contributed by atoms with van der Waals surface area (Å²) in [6.07, 6.45) is 4.54. The third-order valence-electron chi connectivity index (χ3n) is 3.00. The molecule has 1 N–H and O–H groups in total. The van der Waals surface area contributed by atoms with Gasteiger partial charge in [-0.25, -0.2) is 9.37 Å². The normalized spacial score (nSPS) is 12.6. The van der Waals surface area contributed by atoms with E-state index >= 15 is 0 Å². The van der Waals surface area contributed by atoms with E-state index in [0.717, 1.165) is 24.2 Å². The van der Waals surface area contributed by atoms with Gasteiger partial charge in [0.25, 0.3) is 0 Å². The fraction of sp³-hybridized carbons (Fsp3) is 0.357. The zero-order valence-electron chi connectivity index (χ0n) is 10.7. The van der Waals surface area contributed by atoms with Crippen LogP contribution in [0.1, 0.15) is 18.2 Å². The molecule has 1 atom stereocenters. The van der Waals surface area contributed by atoms with E-state index in [-0.39, 0.29) is 5.82 Å². The van der Waals surface area contributed by atoms with Crippen LogP contribution in [0.4, 0.5) is 4.39 Å². The lowest BCUT2D eigenvalue weighted by molar-refractivity contribution is 0.532. The lowest BCUT2D eigenvalue weighted by atomic mass is 10.1. The summed E-state index contributed by atoms with van der Waals surface area (Å²) in [5, 5.41) is 3.43. The van der Waals surface area contributed by atoms with Crippen LogP contribution in [-0.2, 0) is 20.0 Å². The molecule has 1 aromatic carbocycles. The quantitative estimate of drug-likeness (QED) is 0.878. The average molecular weight is 247 g/mol. The summed E-state index contributed by atoms with van der Waals surface area (Å²) in [4.78, 5) is 4.07. The summed E-state index contributed by atoms with van der Waals surface area (Å²) < 4.78 is 14.8. The molecule has 1 heterocycles. The summed E-state index contributed by atoms with van der Waals surface area (Å²) in [5.74, 6) is -0.186. The molecule has 4 heteroatoms. The fourth-order valence-corrected chi connectivity index (χ4v) is 1.88. The minimum absolute atomic E-state index is 0.186. The highest BCUT2D eigenvalue weighted by molar-refractivity contribution is 5.17. The molecule has 0 fully saturated rings. The van der Waals surface area contributed by atoms with Gasteiger partial charge in [0.2, 0.25) is 0 Å². The number of rotatable bonds is 5. The average Bonchev–Trinajstić information content (AvgIpc) is 2.75. The first-order chi connectivity index (χ1) is 8.65. The van der Waals surface area contributed by atoms with E-state index in [1.807, 2.05) is 29.9 Å². The highest BCUT2D eigenvalue weighted by Gasteiger charge is 2.05. The van der Waals surface area contributed by atoms with E-state index in [4.69, 9.17) is 0 Å². The molecule has 18 heavy (non-hydrogen) atoms.